The Balaban J connectivity index is 1.88. The minimum atomic E-state index is -1.39. The predicted molar refractivity (Wildman–Crippen MR) is 118 cm³/mol. The largest absolute Gasteiger partial charge is 0.494 e. The molecule has 0 bridgehead atoms. The fraction of sp³-hybridized carbons (Fsp3) is 0.391. The number of rotatable bonds is 8. The zero-order chi connectivity index (χ0) is 23.6. The van der Waals surface area contributed by atoms with Gasteiger partial charge in [-0.05, 0) is 32.3 Å². The molecular weight excluding hydrogens is 415 g/mol. The molecule has 2 heterocycles. The molecule has 1 atom stereocenters. The van der Waals surface area contributed by atoms with Gasteiger partial charge in [0.05, 0.1) is 11.8 Å². The molecule has 0 aliphatic heterocycles. The number of hydrogen-bond donors (Lipinski definition) is 3. The highest BCUT2D eigenvalue weighted by atomic mass is 19.1. The van der Waals surface area contributed by atoms with Gasteiger partial charge >= 0.3 is 0 Å². The molecule has 3 N–H and O–H groups in total. The van der Waals surface area contributed by atoms with Crippen molar-refractivity contribution in [2.45, 2.75) is 45.8 Å². The molecule has 0 saturated heterocycles. The van der Waals surface area contributed by atoms with Gasteiger partial charge in [0, 0.05) is 30.9 Å². The van der Waals surface area contributed by atoms with Crippen molar-refractivity contribution < 1.29 is 24.1 Å². The maximum absolute atomic E-state index is 14.8. The Labute approximate surface area is 186 Å². The minimum Gasteiger partial charge on any atom is -0.494 e. The van der Waals surface area contributed by atoms with Crippen LogP contribution in [0, 0.1) is 11.7 Å². The summed E-state index contributed by atoms with van der Waals surface area (Å²) in [5.74, 6) is -0.611. The highest BCUT2D eigenvalue weighted by molar-refractivity contribution is 5.93. The summed E-state index contributed by atoms with van der Waals surface area (Å²) in [7, 11) is 1.74. The standard InChI is InChI=1S/C23H29FN4O4/c1-14(2)11-17(22(30)25-19-9-10-27(5)26-19)28-13-15(12-20(28)29)32-18-8-6-7-16(21(18)24)23(3,4)31/h6-10,12-14,17,29,31H,11H2,1-5H3,(H,25,26,30)/t17-/m0/s1. The van der Waals surface area contributed by atoms with Crippen molar-refractivity contribution >= 4 is 11.7 Å². The Hall–Kier alpha value is -3.33. The molecule has 0 saturated carbocycles. The van der Waals surface area contributed by atoms with Crippen LogP contribution in [0.1, 0.15) is 45.7 Å². The number of aliphatic hydroxyl groups is 1. The SMILES string of the molecule is CC(C)C[C@@H](C(=O)Nc1ccn(C)n1)n1cc(Oc2cccc(C(C)(C)O)c2F)cc1O. The van der Waals surface area contributed by atoms with Crippen molar-refractivity contribution in [3.8, 4) is 17.4 Å². The van der Waals surface area contributed by atoms with Crippen LogP contribution in [0.3, 0.4) is 0 Å². The Morgan fingerprint density at radius 1 is 1.31 bits per heavy atom. The third-order valence-corrected chi connectivity index (χ3v) is 4.95. The molecule has 9 heteroatoms. The summed E-state index contributed by atoms with van der Waals surface area (Å²) in [6.45, 7) is 6.90. The molecule has 172 valence electrons. The van der Waals surface area contributed by atoms with Gasteiger partial charge in [-0.2, -0.15) is 5.10 Å². The second-order valence-corrected chi connectivity index (χ2v) is 8.73. The summed E-state index contributed by atoms with van der Waals surface area (Å²) in [6.07, 6.45) is 3.61. The number of carbonyl (C=O) groups is 1. The Morgan fingerprint density at radius 3 is 2.62 bits per heavy atom. The number of benzene rings is 1. The number of nitrogens with zero attached hydrogens (tertiary/aromatic N) is 3. The molecule has 8 nitrogen and oxygen atoms in total. The van der Waals surface area contributed by atoms with Crippen LogP contribution in [-0.2, 0) is 17.4 Å². The van der Waals surface area contributed by atoms with Gasteiger partial charge < -0.3 is 24.8 Å². The predicted octanol–water partition coefficient (Wildman–Crippen LogP) is 4.31. The number of hydrogen-bond acceptors (Lipinski definition) is 5. The number of aryl methyl sites for hydroxylation is 1. The van der Waals surface area contributed by atoms with E-state index in [0.29, 0.717) is 12.2 Å². The van der Waals surface area contributed by atoms with Gasteiger partial charge in [-0.3, -0.25) is 9.48 Å². The smallest absolute Gasteiger partial charge is 0.248 e. The van der Waals surface area contributed by atoms with E-state index in [-0.39, 0.29) is 34.8 Å². The van der Waals surface area contributed by atoms with E-state index in [2.05, 4.69) is 10.4 Å². The van der Waals surface area contributed by atoms with Gasteiger partial charge in [-0.25, -0.2) is 4.39 Å². The Bertz CT molecular complexity index is 1100. The van der Waals surface area contributed by atoms with Crippen molar-refractivity contribution in [1.82, 2.24) is 14.3 Å². The molecule has 0 spiro atoms. The van der Waals surface area contributed by atoms with Crippen molar-refractivity contribution in [3.63, 3.8) is 0 Å². The average Bonchev–Trinajstić information content (AvgIpc) is 3.25. The number of aromatic nitrogens is 3. The normalized spacial score (nSPS) is 12.8. The first-order chi connectivity index (χ1) is 15.0. The molecule has 0 aliphatic rings. The van der Waals surface area contributed by atoms with E-state index >= 15 is 0 Å². The first-order valence-corrected chi connectivity index (χ1v) is 10.4. The molecule has 0 radical (unpaired) electrons. The molecule has 2 aromatic heterocycles. The van der Waals surface area contributed by atoms with E-state index in [4.69, 9.17) is 4.74 Å². The molecule has 1 amide bonds. The zero-order valence-electron chi connectivity index (χ0n) is 18.8. The number of amides is 1. The van der Waals surface area contributed by atoms with Gasteiger partial charge in [-0.1, -0.05) is 26.0 Å². The van der Waals surface area contributed by atoms with E-state index in [1.54, 1.807) is 30.1 Å². The highest BCUT2D eigenvalue weighted by Crippen LogP contribution is 2.35. The molecule has 3 rings (SSSR count). The van der Waals surface area contributed by atoms with Crippen LogP contribution in [0.5, 0.6) is 17.4 Å². The minimum absolute atomic E-state index is 0.0890. The molecular formula is C23H29FN4O4. The Morgan fingerprint density at radius 2 is 2.03 bits per heavy atom. The van der Waals surface area contributed by atoms with Crippen molar-refractivity contribution in [3.05, 3.63) is 54.1 Å². The lowest BCUT2D eigenvalue weighted by molar-refractivity contribution is -0.119. The summed E-state index contributed by atoms with van der Waals surface area (Å²) in [5.41, 5.74) is -1.30. The van der Waals surface area contributed by atoms with E-state index in [9.17, 15) is 19.4 Å². The molecule has 1 aromatic carbocycles. The second-order valence-electron chi connectivity index (χ2n) is 8.73. The monoisotopic (exact) mass is 444 g/mol. The van der Waals surface area contributed by atoms with Crippen molar-refractivity contribution in [2.75, 3.05) is 5.32 Å². The van der Waals surface area contributed by atoms with Crippen LogP contribution in [0.15, 0.2) is 42.7 Å². The number of anilines is 1. The maximum Gasteiger partial charge on any atom is 0.248 e. The number of carbonyl (C=O) groups excluding carboxylic acids is 1. The average molecular weight is 445 g/mol. The second kappa shape index (κ2) is 9.04. The first kappa shape index (κ1) is 23.3. The molecule has 32 heavy (non-hydrogen) atoms. The van der Waals surface area contributed by atoms with Crippen molar-refractivity contribution in [1.29, 1.82) is 0 Å². The molecule has 0 aliphatic carbocycles. The van der Waals surface area contributed by atoms with Gasteiger partial charge in [0.25, 0.3) is 0 Å². The van der Waals surface area contributed by atoms with Crippen LogP contribution in [0.25, 0.3) is 0 Å². The molecule has 3 aromatic rings. The van der Waals surface area contributed by atoms with Gasteiger partial charge in [0.1, 0.15) is 11.8 Å². The topological polar surface area (TPSA) is 102 Å². The van der Waals surface area contributed by atoms with Crippen LogP contribution < -0.4 is 10.1 Å². The summed E-state index contributed by atoms with van der Waals surface area (Å²) in [5, 5.41) is 27.6. The fourth-order valence-corrected chi connectivity index (χ4v) is 3.42. The third kappa shape index (κ3) is 5.28. The van der Waals surface area contributed by atoms with E-state index < -0.39 is 17.5 Å². The van der Waals surface area contributed by atoms with E-state index in [1.807, 2.05) is 13.8 Å². The molecule has 0 fully saturated rings. The fourth-order valence-electron chi connectivity index (χ4n) is 3.42. The van der Waals surface area contributed by atoms with Crippen LogP contribution in [-0.4, -0.2) is 30.5 Å². The van der Waals surface area contributed by atoms with Gasteiger partial charge in [-0.15, -0.1) is 0 Å². The number of nitrogens with one attached hydrogen (secondary N) is 1. The first-order valence-electron chi connectivity index (χ1n) is 10.4. The van der Waals surface area contributed by atoms with Gasteiger partial charge in [0.15, 0.2) is 23.3 Å². The number of ether oxygens (including phenoxy) is 1. The summed E-state index contributed by atoms with van der Waals surface area (Å²) < 4.78 is 23.5. The van der Waals surface area contributed by atoms with Crippen LogP contribution in [0.4, 0.5) is 10.2 Å². The summed E-state index contributed by atoms with van der Waals surface area (Å²) >= 11 is 0. The Kier molecular flexibility index (Phi) is 6.59. The van der Waals surface area contributed by atoms with Crippen molar-refractivity contribution in [2.24, 2.45) is 13.0 Å². The van der Waals surface area contributed by atoms with Crippen LogP contribution in [0.2, 0.25) is 0 Å². The summed E-state index contributed by atoms with van der Waals surface area (Å²) in [6, 6.07) is 6.74. The van der Waals surface area contributed by atoms with Gasteiger partial charge in [0.2, 0.25) is 5.91 Å². The lowest BCUT2D eigenvalue weighted by atomic mass is 9.97. The quantitative estimate of drug-likeness (QED) is 0.481. The third-order valence-electron chi connectivity index (χ3n) is 4.95. The molecule has 0 unspecified atom stereocenters. The van der Waals surface area contributed by atoms with E-state index in [0.717, 1.165) is 0 Å². The lowest BCUT2D eigenvalue weighted by Crippen LogP contribution is -2.27. The van der Waals surface area contributed by atoms with Crippen LogP contribution >= 0.6 is 0 Å². The number of halogens is 1. The highest BCUT2D eigenvalue weighted by Gasteiger charge is 2.27. The lowest BCUT2D eigenvalue weighted by Gasteiger charge is -2.20. The maximum atomic E-state index is 14.8. The van der Waals surface area contributed by atoms with E-state index in [1.165, 1.54) is 42.8 Å². The zero-order valence-corrected chi connectivity index (χ0v) is 18.8. The number of aromatic hydroxyl groups is 1. The summed E-state index contributed by atoms with van der Waals surface area (Å²) in [4.78, 5) is 13.0.